The van der Waals surface area contributed by atoms with E-state index >= 15 is 0 Å². The molecule has 2 aliphatic rings. The van der Waals surface area contributed by atoms with Crippen molar-refractivity contribution < 1.29 is 4.79 Å². The first kappa shape index (κ1) is 11.6. The third-order valence-corrected chi connectivity index (χ3v) is 4.19. The Morgan fingerprint density at radius 2 is 2.17 bits per heavy atom. The number of benzene rings is 1. The van der Waals surface area contributed by atoms with Crippen LogP contribution in [0.15, 0.2) is 24.3 Å². The van der Waals surface area contributed by atoms with Crippen LogP contribution in [0, 0.1) is 5.92 Å². The van der Waals surface area contributed by atoms with Gasteiger partial charge in [-0.3, -0.25) is 4.79 Å². The van der Waals surface area contributed by atoms with Crippen LogP contribution in [-0.4, -0.2) is 18.5 Å². The molecule has 1 fully saturated rings. The average molecular weight is 244 g/mol. The molecule has 0 aromatic heterocycles. The van der Waals surface area contributed by atoms with E-state index in [0.29, 0.717) is 6.04 Å². The van der Waals surface area contributed by atoms with Gasteiger partial charge in [-0.2, -0.15) is 0 Å². The van der Waals surface area contributed by atoms with Crippen molar-refractivity contribution in [2.24, 2.45) is 5.92 Å². The molecule has 3 nitrogen and oxygen atoms in total. The minimum Gasteiger partial charge on any atom is -0.384 e. The molecule has 0 saturated heterocycles. The predicted octanol–water partition coefficient (Wildman–Crippen LogP) is 2.50. The monoisotopic (exact) mass is 244 g/mol. The zero-order valence-electron chi connectivity index (χ0n) is 10.8. The van der Waals surface area contributed by atoms with Crippen molar-refractivity contribution in [1.82, 2.24) is 5.32 Å². The summed E-state index contributed by atoms with van der Waals surface area (Å²) in [5.41, 5.74) is 2.25. The van der Waals surface area contributed by atoms with Crippen molar-refractivity contribution in [1.29, 1.82) is 0 Å². The molecule has 3 atom stereocenters. The van der Waals surface area contributed by atoms with Crippen molar-refractivity contribution in [3.05, 3.63) is 29.8 Å². The number of carbonyl (C=O) groups is 1. The Morgan fingerprint density at radius 3 is 2.94 bits per heavy atom. The number of rotatable bonds is 2. The van der Waals surface area contributed by atoms with Crippen molar-refractivity contribution in [3.8, 4) is 0 Å². The highest BCUT2D eigenvalue weighted by Crippen LogP contribution is 2.32. The maximum atomic E-state index is 12.3. The molecule has 1 aromatic carbocycles. The number of fused-ring (bicyclic) bond motifs is 1. The highest BCUT2D eigenvalue weighted by atomic mass is 16.2. The molecule has 0 spiro atoms. The Bertz CT molecular complexity index is 458. The van der Waals surface area contributed by atoms with Crippen molar-refractivity contribution in [3.63, 3.8) is 0 Å². The predicted molar refractivity (Wildman–Crippen MR) is 72.6 cm³/mol. The molecule has 1 aromatic rings. The van der Waals surface area contributed by atoms with Crippen molar-refractivity contribution >= 4 is 11.6 Å². The lowest BCUT2D eigenvalue weighted by Crippen LogP contribution is -2.37. The molecule has 96 valence electrons. The van der Waals surface area contributed by atoms with Crippen molar-refractivity contribution in [2.45, 2.75) is 38.1 Å². The third-order valence-electron chi connectivity index (χ3n) is 4.19. The number of anilines is 1. The summed E-state index contributed by atoms with van der Waals surface area (Å²) in [4.78, 5) is 12.3. The molecule has 0 radical (unpaired) electrons. The number of carbonyl (C=O) groups excluding carboxylic acids is 1. The molecular weight excluding hydrogens is 224 g/mol. The highest BCUT2D eigenvalue weighted by Gasteiger charge is 2.31. The summed E-state index contributed by atoms with van der Waals surface area (Å²) in [7, 11) is 0. The lowest BCUT2D eigenvalue weighted by atomic mass is 10.00. The van der Waals surface area contributed by atoms with Crippen LogP contribution in [-0.2, 0) is 4.79 Å². The smallest absolute Gasteiger partial charge is 0.229 e. The summed E-state index contributed by atoms with van der Waals surface area (Å²) in [6, 6.07) is 8.49. The number of hydrogen-bond donors (Lipinski definition) is 2. The van der Waals surface area contributed by atoms with E-state index in [1.807, 2.05) is 18.2 Å². The highest BCUT2D eigenvalue weighted by molar-refractivity contribution is 5.88. The van der Waals surface area contributed by atoms with E-state index in [0.717, 1.165) is 36.6 Å². The number of para-hydroxylation sites is 1. The molecule has 1 heterocycles. The SMILES string of the molecule is CC1CCC(NC(=O)C2CNc3ccccc32)C1. The number of nitrogens with one attached hydrogen (secondary N) is 2. The average Bonchev–Trinajstić information content (AvgIpc) is 2.95. The van der Waals surface area contributed by atoms with Crippen LogP contribution in [0.4, 0.5) is 5.69 Å². The van der Waals surface area contributed by atoms with Gasteiger partial charge in [0, 0.05) is 18.3 Å². The fraction of sp³-hybridized carbons (Fsp3) is 0.533. The Balaban J connectivity index is 1.67. The third kappa shape index (κ3) is 2.09. The second-order valence-corrected chi connectivity index (χ2v) is 5.64. The summed E-state index contributed by atoms with van der Waals surface area (Å²) in [6.07, 6.45) is 3.51. The van der Waals surface area contributed by atoms with E-state index in [9.17, 15) is 4.79 Å². The fourth-order valence-corrected chi connectivity index (χ4v) is 3.16. The summed E-state index contributed by atoms with van der Waals surface area (Å²) in [6.45, 7) is 2.99. The lowest BCUT2D eigenvalue weighted by molar-refractivity contribution is -0.122. The first-order chi connectivity index (χ1) is 8.74. The standard InChI is InChI=1S/C15H20N2O/c1-10-6-7-11(8-10)17-15(18)13-9-16-14-5-3-2-4-12(13)14/h2-5,10-11,13,16H,6-9H2,1H3,(H,17,18). The normalized spacial score (nSPS) is 29.7. The Morgan fingerprint density at radius 1 is 1.33 bits per heavy atom. The molecule has 0 bridgehead atoms. The molecule has 1 aliphatic heterocycles. The Labute approximate surface area is 108 Å². The van der Waals surface area contributed by atoms with E-state index in [4.69, 9.17) is 0 Å². The van der Waals surface area contributed by atoms with Gasteiger partial charge in [0.05, 0.1) is 5.92 Å². The Kier molecular flexibility index (Phi) is 2.98. The first-order valence-electron chi connectivity index (χ1n) is 6.87. The summed E-state index contributed by atoms with van der Waals surface area (Å²) < 4.78 is 0. The molecular formula is C15H20N2O. The van der Waals surface area contributed by atoms with Crippen LogP contribution in [0.5, 0.6) is 0 Å². The van der Waals surface area contributed by atoms with Gasteiger partial charge in [0.25, 0.3) is 0 Å². The fourth-order valence-electron chi connectivity index (χ4n) is 3.16. The molecule has 1 saturated carbocycles. The largest absolute Gasteiger partial charge is 0.384 e. The number of hydrogen-bond acceptors (Lipinski definition) is 2. The van der Waals surface area contributed by atoms with Crippen LogP contribution < -0.4 is 10.6 Å². The molecule has 1 aliphatic carbocycles. The van der Waals surface area contributed by atoms with Gasteiger partial charge in [0.1, 0.15) is 0 Å². The van der Waals surface area contributed by atoms with Gasteiger partial charge in [-0.15, -0.1) is 0 Å². The molecule has 3 unspecified atom stereocenters. The number of amides is 1. The van der Waals surface area contributed by atoms with Gasteiger partial charge >= 0.3 is 0 Å². The van der Waals surface area contributed by atoms with Gasteiger partial charge in [0.2, 0.25) is 5.91 Å². The molecule has 2 N–H and O–H groups in total. The maximum Gasteiger partial charge on any atom is 0.229 e. The van der Waals surface area contributed by atoms with E-state index in [2.05, 4.69) is 23.6 Å². The van der Waals surface area contributed by atoms with E-state index < -0.39 is 0 Å². The summed E-state index contributed by atoms with van der Waals surface area (Å²) in [5, 5.41) is 6.52. The molecule has 3 heteroatoms. The van der Waals surface area contributed by atoms with E-state index in [-0.39, 0.29) is 11.8 Å². The second-order valence-electron chi connectivity index (χ2n) is 5.64. The second kappa shape index (κ2) is 4.63. The lowest BCUT2D eigenvalue weighted by Gasteiger charge is -2.16. The summed E-state index contributed by atoms with van der Waals surface area (Å²) >= 11 is 0. The minimum absolute atomic E-state index is 0.0166. The zero-order valence-corrected chi connectivity index (χ0v) is 10.8. The van der Waals surface area contributed by atoms with Crippen LogP contribution in [0.3, 0.4) is 0 Å². The Hall–Kier alpha value is -1.51. The molecule has 18 heavy (non-hydrogen) atoms. The van der Waals surface area contributed by atoms with E-state index in [1.54, 1.807) is 0 Å². The van der Waals surface area contributed by atoms with Gasteiger partial charge in [-0.05, 0) is 36.8 Å². The summed E-state index contributed by atoms with van der Waals surface area (Å²) in [5.74, 6) is 0.924. The first-order valence-corrected chi connectivity index (χ1v) is 6.87. The van der Waals surface area contributed by atoms with Crippen LogP contribution >= 0.6 is 0 Å². The van der Waals surface area contributed by atoms with Gasteiger partial charge in [-0.25, -0.2) is 0 Å². The zero-order chi connectivity index (χ0) is 12.5. The van der Waals surface area contributed by atoms with Gasteiger partial charge < -0.3 is 10.6 Å². The maximum absolute atomic E-state index is 12.3. The van der Waals surface area contributed by atoms with Crippen LogP contribution in [0.2, 0.25) is 0 Å². The van der Waals surface area contributed by atoms with Gasteiger partial charge in [-0.1, -0.05) is 25.1 Å². The van der Waals surface area contributed by atoms with Crippen LogP contribution in [0.25, 0.3) is 0 Å². The van der Waals surface area contributed by atoms with Crippen molar-refractivity contribution in [2.75, 3.05) is 11.9 Å². The quantitative estimate of drug-likeness (QED) is 0.839. The van der Waals surface area contributed by atoms with Crippen LogP contribution in [0.1, 0.15) is 37.7 Å². The van der Waals surface area contributed by atoms with Gasteiger partial charge in [0.15, 0.2) is 0 Å². The molecule has 3 rings (SSSR count). The van der Waals surface area contributed by atoms with E-state index in [1.165, 1.54) is 6.42 Å². The topological polar surface area (TPSA) is 41.1 Å². The minimum atomic E-state index is -0.0166. The molecule has 1 amide bonds.